The van der Waals surface area contributed by atoms with E-state index in [0.717, 1.165) is 56.5 Å². The van der Waals surface area contributed by atoms with Gasteiger partial charge in [-0.25, -0.2) is 4.79 Å². The number of carbonyl (C=O) groups is 1. The molecular weight excluding hydrogens is 332 g/mol. The zero-order valence-electron chi connectivity index (χ0n) is 15.3. The topological polar surface area (TPSA) is 57.3 Å². The van der Waals surface area contributed by atoms with Crippen molar-refractivity contribution in [3.8, 4) is 0 Å². The highest BCUT2D eigenvalue weighted by atomic mass is 16.5. The van der Waals surface area contributed by atoms with Crippen molar-refractivity contribution in [2.45, 2.75) is 12.8 Å². The first-order chi connectivity index (χ1) is 12.8. The highest BCUT2D eigenvalue weighted by molar-refractivity contribution is 5.94. The molecule has 7 nitrogen and oxygen atoms in total. The third-order valence-corrected chi connectivity index (χ3v) is 5.34. The quantitative estimate of drug-likeness (QED) is 0.893. The first-order valence-corrected chi connectivity index (χ1v) is 9.67. The number of benzene rings is 1. The second-order valence-corrected chi connectivity index (χ2v) is 7.02. The molecule has 3 saturated heterocycles. The van der Waals surface area contributed by atoms with Gasteiger partial charge in [-0.2, -0.15) is 0 Å². The molecule has 3 aliphatic rings. The summed E-state index contributed by atoms with van der Waals surface area (Å²) in [4.78, 5) is 19.3. The average Bonchev–Trinajstić information content (AvgIpc) is 3.24. The van der Waals surface area contributed by atoms with Gasteiger partial charge in [-0.3, -0.25) is 0 Å². The maximum Gasteiger partial charge on any atom is 0.322 e. The van der Waals surface area contributed by atoms with E-state index in [2.05, 4.69) is 33.3 Å². The summed E-state index contributed by atoms with van der Waals surface area (Å²) in [6, 6.07) is 6.42. The van der Waals surface area contributed by atoms with Crippen LogP contribution in [0, 0.1) is 0 Å². The van der Waals surface area contributed by atoms with Crippen LogP contribution in [0.15, 0.2) is 18.2 Å². The first-order valence-electron chi connectivity index (χ1n) is 9.67. The van der Waals surface area contributed by atoms with Crippen LogP contribution in [0.4, 0.5) is 21.9 Å². The van der Waals surface area contributed by atoms with E-state index in [1.54, 1.807) is 0 Å². The molecule has 26 heavy (non-hydrogen) atoms. The number of anilines is 3. The highest BCUT2D eigenvalue weighted by Crippen LogP contribution is 2.33. The molecule has 4 rings (SSSR count). The minimum absolute atomic E-state index is 0.0344. The lowest BCUT2D eigenvalue weighted by atomic mass is 10.2. The summed E-state index contributed by atoms with van der Waals surface area (Å²) < 4.78 is 10.8. The van der Waals surface area contributed by atoms with Crippen molar-refractivity contribution in [3.05, 3.63) is 18.2 Å². The van der Waals surface area contributed by atoms with Gasteiger partial charge in [0.1, 0.15) is 0 Å². The fourth-order valence-corrected chi connectivity index (χ4v) is 3.84. The largest absolute Gasteiger partial charge is 0.378 e. The van der Waals surface area contributed by atoms with Crippen LogP contribution < -0.4 is 15.1 Å². The smallest absolute Gasteiger partial charge is 0.322 e. The van der Waals surface area contributed by atoms with E-state index in [-0.39, 0.29) is 6.03 Å². The molecule has 0 radical (unpaired) electrons. The summed E-state index contributed by atoms with van der Waals surface area (Å²) in [5.41, 5.74) is 3.18. The van der Waals surface area contributed by atoms with Gasteiger partial charge in [0.2, 0.25) is 0 Å². The zero-order valence-corrected chi connectivity index (χ0v) is 15.3. The van der Waals surface area contributed by atoms with Crippen LogP contribution in [-0.2, 0) is 9.47 Å². The predicted octanol–water partition coefficient (Wildman–Crippen LogP) is 1.99. The molecule has 2 amide bonds. The molecule has 1 aromatic rings. The van der Waals surface area contributed by atoms with Gasteiger partial charge in [0, 0.05) is 45.0 Å². The third-order valence-electron chi connectivity index (χ3n) is 5.34. The maximum absolute atomic E-state index is 12.7. The van der Waals surface area contributed by atoms with Gasteiger partial charge in [0.15, 0.2) is 0 Å². The Morgan fingerprint density at radius 2 is 1.50 bits per heavy atom. The lowest BCUT2D eigenvalue weighted by Crippen LogP contribution is -2.43. The first kappa shape index (κ1) is 17.4. The fourth-order valence-electron chi connectivity index (χ4n) is 3.84. The SMILES string of the molecule is O=C(Nc1cc(N2CCOCC2)ccc1N1CCCC1)N1CCOCC1. The summed E-state index contributed by atoms with van der Waals surface area (Å²) in [6.45, 7) is 7.91. The second-order valence-electron chi connectivity index (χ2n) is 7.02. The Labute approximate surface area is 154 Å². The Morgan fingerprint density at radius 3 is 2.19 bits per heavy atom. The number of morpholine rings is 2. The van der Waals surface area contributed by atoms with Crippen LogP contribution in [0.5, 0.6) is 0 Å². The minimum Gasteiger partial charge on any atom is -0.378 e. The molecule has 0 aromatic heterocycles. The van der Waals surface area contributed by atoms with Crippen LogP contribution in [-0.4, -0.2) is 76.6 Å². The van der Waals surface area contributed by atoms with Crippen LogP contribution in [0.3, 0.4) is 0 Å². The van der Waals surface area contributed by atoms with Gasteiger partial charge in [0.05, 0.1) is 37.8 Å². The van der Waals surface area contributed by atoms with E-state index >= 15 is 0 Å². The number of carbonyl (C=O) groups excluding carboxylic acids is 1. The molecule has 0 saturated carbocycles. The summed E-state index contributed by atoms with van der Waals surface area (Å²) in [7, 11) is 0. The maximum atomic E-state index is 12.7. The predicted molar refractivity (Wildman–Crippen MR) is 102 cm³/mol. The molecule has 1 N–H and O–H groups in total. The van der Waals surface area contributed by atoms with E-state index in [0.29, 0.717) is 26.3 Å². The van der Waals surface area contributed by atoms with E-state index in [9.17, 15) is 4.79 Å². The summed E-state index contributed by atoms with van der Waals surface area (Å²) in [5.74, 6) is 0. The molecular formula is C19H28N4O3. The van der Waals surface area contributed by atoms with E-state index in [1.165, 1.54) is 12.8 Å². The van der Waals surface area contributed by atoms with Crippen molar-refractivity contribution >= 4 is 23.1 Å². The van der Waals surface area contributed by atoms with Crippen molar-refractivity contribution in [2.24, 2.45) is 0 Å². The van der Waals surface area contributed by atoms with Gasteiger partial charge < -0.3 is 29.5 Å². The van der Waals surface area contributed by atoms with Crippen LogP contribution in [0.25, 0.3) is 0 Å². The van der Waals surface area contributed by atoms with Gasteiger partial charge in [0.25, 0.3) is 0 Å². The fraction of sp³-hybridized carbons (Fsp3) is 0.632. The molecule has 0 spiro atoms. The Kier molecular flexibility index (Phi) is 5.45. The monoisotopic (exact) mass is 360 g/mol. The Bertz CT molecular complexity index is 621. The summed E-state index contributed by atoms with van der Waals surface area (Å²) in [5, 5.41) is 3.17. The van der Waals surface area contributed by atoms with Gasteiger partial charge in [-0.05, 0) is 31.0 Å². The summed E-state index contributed by atoms with van der Waals surface area (Å²) >= 11 is 0. The van der Waals surface area contributed by atoms with Crippen molar-refractivity contribution in [3.63, 3.8) is 0 Å². The molecule has 0 aliphatic carbocycles. The third kappa shape index (κ3) is 3.88. The lowest BCUT2D eigenvalue weighted by molar-refractivity contribution is 0.0564. The van der Waals surface area contributed by atoms with Gasteiger partial charge >= 0.3 is 6.03 Å². The second kappa shape index (κ2) is 8.14. The van der Waals surface area contributed by atoms with Gasteiger partial charge in [-0.1, -0.05) is 0 Å². The minimum atomic E-state index is -0.0344. The number of rotatable bonds is 3. The van der Waals surface area contributed by atoms with E-state index in [4.69, 9.17) is 9.47 Å². The highest BCUT2D eigenvalue weighted by Gasteiger charge is 2.22. The molecule has 3 fully saturated rings. The molecule has 0 unspecified atom stereocenters. The van der Waals surface area contributed by atoms with Crippen molar-refractivity contribution in [2.75, 3.05) is 80.8 Å². The molecule has 3 heterocycles. The van der Waals surface area contributed by atoms with Crippen molar-refractivity contribution in [1.82, 2.24) is 4.90 Å². The number of urea groups is 1. The number of hydrogen-bond acceptors (Lipinski definition) is 5. The van der Waals surface area contributed by atoms with Crippen LogP contribution in [0.1, 0.15) is 12.8 Å². The van der Waals surface area contributed by atoms with Crippen molar-refractivity contribution < 1.29 is 14.3 Å². The van der Waals surface area contributed by atoms with Crippen LogP contribution in [0.2, 0.25) is 0 Å². The molecule has 7 heteroatoms. The van der Waals surface area contributed by atoms with Gasteiger partial charge in [-0.15, -0.1) is 0 Å². The number of amides is 2. The molecule has 0 atom stereocenters. The Morgan fingerprint density at radius 1 is 0.846 bits per heavy atom. The molecule has 1 aromatic carbocycles. The standard InChI is InChI=1S/C19H28N4O3/c24-19(23-9-13-26-14-10-23)20-17-15-16(21-7-11-25-12-8-21)3-4-18(17)22-5-1-2-6-22/h3-4,15H,1-2,5-14H2,(H,20,24). The van der Waals surface area contributed by atoms with E-state index in [1.807, 2.05) is 4.90 Å². The van der Waals surface area contributed by atoms with E-state index < -0.39 is 0 Å². The summed E-state index contributed by atoms with van der Waals surface area (Å²) in [6.07, 6.45) is 2.42. The number of nitrogens with zero attached hydrogens (tertiary/aromatic N) is 3. The number of nitrogens with one attached hydrogen (secondary N) is 1. The Hall–Kier alpha value is -1.99. The lowest BCUT2D eigenvalue weighted by Gasteiger charge is -2.31. The molecule has 142 valence electrons. The number of hydrogen-bond donors (Lipinski definition) is 1. The van der Waals surface area contributed by atoms with Crippen LogP contribution >= 0.6 is 0 Å². The number of ether oxygens (including phenoxy) is 2. The average molecular weight is 360 g/mol. The Balaban J connectivity index is 1.56. The normalized spacial score (nSPS) is 21.2. The molecule has 0 bridgehead atoms. The molecule has 3 aliphatic heterocycles. The zero-order chi connectivity index (χ0) is 17.8. The van der Waals surface area contributed by atoms with Crippen molar-refractivity contribution in [1.29, 1.82) is 0 Å².